The Bertz CT molecular complexity index is 1800. The first-order valence-electron chi connectivity index (χ1n) is 16.9. The van der Waals surface area contributed by atoms with Crippen LogP contribution in [0.1, 0.15) is 79.6 Å². The number of carbonyl (C=O) groups is 2. The molecule has 0 amide bonds. The van der Waals surface area contributed by atoms with Gasteiger partial charge in [0.05, 0.1) is 18.8 Å². The SMILES string of the molecule is CC(C)(C)OC(=O)CN(Cc1ccc(C(=O)O[C@@H](Cc2c(Cl)c[n+]([O-])cc2Cl)c2ccc(OC(F)F)c(OCC3CC3)c2)cc1OCC1CC1)S(=O)[O-]. The van der Waals surface area contributed by atoms with Crippen molar-refractivity contribution in [3.05, 3.63) is 86.3 Å². The third-order valence-electron chi connectivity index (χ3n) is 8.18. The van der Waals surface area contributed by atoms with Crippen LogP contribution in [0.15, 0.2) is 48.8 Å². The molecule has 0 saturated heterocycles. The highest BCUT2D eigenvalue weighted by Crippen LogP contribution is 2.38. The molecule has 1 aromatic heterocycles. The Morgan fingerprint density at radius 2 is 1.58 bits per heavy atom. The zero-order chi connectivity index (χ0) is 38.4. The van der Waals surface area contributed by atoms with Crippen LogP contribution in [0, 0.1) is 17.0 Å². The van der Waals surface area contributed by atoms with E-state index in [4.69, 9.17) is 42.1 Å². The molecule has 2 saturated carbocycles. The lowest BCUT2D eigenvalue weighted by atomic mass is 10.0. The standard InChI is InChI=1S/C36H40Cl2F2N2O10S/c1-36(2,3)52-33(43)18-42(53(46)47)15-25-9-8-24(13-30(25)48-19-21-4-5-21)34(44)50-31(14-26-27(37)16-41(45)17-28(26)38)23-10-11-29(51-35(39)40)32(12-23)49-20-22-6-7-22/h8-13,16-17,21-22,31,35H,4-7,14-15,18-20H2,1-3H3,(H,46,47)/p-1/t31-/m0/s1. The molecule has 0 N–H and O–H groups in total. The first-order valence-corrected chi connectivity index (χ1v) is 18.6. The Labute approximate surface area is 318 Å². The number of benzene rings is 2. The number of hydrogen-bond acceptors (Lipinski definition) is 10. The monoisotopic (exact) mass is 799 g/mol. The van der Waals surface area contributed by atoms with E-state index in [2.05, 4.69) is 4.74 Å². The third kappa shape index (κ3) is 12.4. The minimum atomic E-state index is -3.12. The van der Waals surface area contributed by atoms with Crippen molar-refractivity contribution < 1.29 is 55.5 Å². The van der Waals surface area contributed by atoms with Crippen molar-refractivity contribution in [2.75, 3.05) is 19.8 Å². The molecule has 5 rings (SSSR count). The lowest BCUT2D eigenvalue weighted by Crippen LogP contribution is -2.35. The molecule has 0 radical (unpaired) electrons. The molecular weight excluding hydrogens is 761 g/mol. The van der Waals surface area contributed by atoms with E-state index in [1.165, 1.54) is 36.4 Å². The number of halogens is 4. The van der Waals surface area contributed by atoms with Gasteiger partial charge in [-0.1, -0.05) is 35.3 Å². The molecule has 0 aliphatic heterocycles. The first-order chi connectivity index (χ1) is 25.0. The lowest BCUT2D eigenvalue weighted by molar-refractivity contribution is -0.605. The van der Waals surface area contributed by atoms with Crippen molar-refractivity contribution in [1.82, 2.24) is 4.31 Å². The maximum absolute atomic E-state index is 13.9. The van der Waals surface area contributed by atoms with Crippen molar-refractivity contribution in [2.45, 2.75) is 77.7 Å². The summed E-state index contributed by atoms with van der Waals surface area (Å²) < 4.78 is 80.0. The van der Waals surface area contributed by atoms with Gasteiger partial charge >= 0.3 is 18.6 Å². The number of aromatic nitrogens is 1. The number of carbonyl (C=O) groups excluding carboxylic acids is 2. The van der Waals surface area contributed by atoms with Gasteiger partial charge in [0.1, 0.15) is 34.0 Å². The second-order valence-electron chi connectivity index (χ2n) is 13.9. The van der Waals surface area contributed by atoms with Crippen molar-refractivity contribution in [2.24, 2.45) is 11.8 Å². The number of rotatable bonds is 18. The number of esters is 2. The Morgan fingerprint density at radius 1 is 0.962 bits per heavy atom. The van der Waals surface area contributed by atoms with Crippen LogP contribution in [0.3, 0.4) is 0 Å². The van der Waals surface area contributed by atoms with Crippen LogP contribution in [0.4, 0.5) is 8.78 Å². The van der Waals surface area contributed by atoms with Gasteiger partial charge in [-0.15, -0.1) is 0 Å². The van der Waals surface area contributed by atoms with Crippen LogP contribution < -0.4 is 18.9 Å². The average Bonchev–Trinajstić information content (AvgIpc) is 3.99. The number of ether oxygens (including phenoxy) is 5. The summed E-state index contributed by atoms with van der Waals surface area (Å²) in [6.45, 7) is 1.67. The van der Waals surface area contributed by atoms with Crippen LogP contribution in [0.5, 0.6) is 17.2 Å². The molecule has 2 atom stereocenters. The van der Waals surface area contributed by atoms with Gasteiger partial charge in [0.2, 0.25) is 0 Å². The average molecular weight is 801 g/mol. The van der Waals surface area contributed by atoms with Crippen LogP contribution in [-0.4, -0.2) is 57.0 Å². The molecule has 2 aliphatic rings. The topological polar surface area (TPSA) is 151 Å². The predicted molar refractivity (Wildman–Crippen MR) is 188 cm³/mol. The van der Waals surface area contributed by atoms with E-state index in [0.717, 1.165) is 42.4 Å². The van der Waals surface area contributed by atoms with Gasteiger partial charge in [-0.3, -0.25) is 9.00 Å². The van der Waals surface area contributed by atoms with Crippen molar-refractivity contribution >= 4 is 46.4 Å². The smallest absolute Gasteiger partial charge is 0.387 e. The molecule has 17 heteroatoms. The second-order valence-corrected chi connectivity index (χ2v) is 15.7. The fourth-order valence-corrected chi connectivity index (χ4v) is 6.22. The predicted octanol–water partition coefficient (Wildman–Crippen LogP) is 6.88. The highest BCUT2D eigenvalue weighted by Gasteiger charge is 2.28. The lowest BCUT2D eigenvalue weighted by Gasteiger charge is -2.27. The summed E-state index contributed by atoms with van der Waals surface area (Å²) in [5, 5.41) is 12.0. The summed E-state index contributed by atoms with van der Waals surface area (Å²) in [5.74, 6) is -0.963. The Balaban J connectivity index is 1.45. The fourth-order valence-electron chi connectivity index (χ4n) is 5.17. The van der Waals surface area contributed by atoms with E-state index < -0.39 is 48.1 Å². The van der Waals surface area contributed by atoms with Gasteiger partial charge in [-0.2, -0.15) is 13.5 Å². The highest BCUT2D eigenvalue weighted by atomic mass is 35.5. The summed E-state index contributed by atoms with van der Waals surface area (Å²) in [4.78, 5) is 26.3. The molecule has 53 heavy (non-hydrogen) atoms. The van der Waals surface area contributed by atoms with Gasteiger partial charge in [0.25, 0.3) is 0 Å². The van der Waals surface area contributed by atoms with Crippen LogP contribution in [-0.2, 0) is 38.5 Å². The fraction of sp³-hybridized carbons (Fsp3) is 0.472. The largest absolute Gasteiger partial charge is 0.760 e. The molecule has 1 unspecified atom stereocenters. The maximum atomic E-state index is 13.9. The minimum Gasteiger partial charge on any atom is -0.760 e. The van der Waals surface area contributed by atoms with Crippen LogP contribution in [0.25, 0.3) is 0 Å². The molecule has 2 fully saturated rings. The van der Waals surface area contributed by atoms with E-state index in [0.29, 0.717) is 28.4 Å². The van der Waals surface area contributed by atoms with E-state index in [1.54, 1.807) is 20.8 Å². The van der Waals surface area contributed by atoms with Gasteiger partial charge in [0, 0.05) is 35.4 Å². The summed E-state index contributed by atoms with van der Waals surface area (Å²) in [5.41, 5.74) is 0.206. The van der Waals surface area contributed by atoms with Crippen molar-refractivity contribution in [3.8, 4) is 17.2 Å². The van der Waals surface area contributed by atoms with Crippen molar-refractivity contribution in [3.63, 3.8) is 0 Å². The molecule has 3 aromatic rings. The summed E-state index contributed by atoms with van der Waals surface area (Å²) in [7, 11) is 0. The van der Waals surface area contributed by atoms with Crippen LogP contribution >= 0.6 is 23.2 Å². The summed E-state index contributed by atoms with van der Waals surface area (Å²) in [6, 6.07) is 8.50. The normalized spacial score (nSPS) is 15.6. The number of pyridine rings is 1. The maximum Gasteiger partial charge on any atom is 0.387 e. The zero-order valence-electron chi connectivity index (χ0n) is 29.2. The molecule has 2 aliphatic carbocycles. The molecule has 0 bridgehead atoms. The highest BCUT2D eigenvalue weighted by molar-refractivity contribution is 7.76. The first kappa shape index (κ1) is 40.4. The quantitative estimate of drug-likeness (QED) is 0.0577. The summed E-state index contributed by atoms with van der Waals surface area (Å²) in [6.07, 6.45) is 4.72. The zero-order valence-corrected chi connectivity index (χ0v) is 31.5. The minimum absolute atomic E-state index is 0.00298. The van der Waals surface area contributed by atoms with Gasteiger partial charge < -0.3 is 33.4 Å². The number of alkyl halides is 2. The van der Waals surface area contributed by atoms with E-state index in [9.17, 15) is 32.3 Å². The molecular formula is C36H39Cl2F2N2O10S-. The molecule has 0 spiro atoms. The van der Waals surface area contributed by atoms with E-state index in [1.807, 2.05) is 0 Å². The third-order valence-corrected chi connectivity index (χ3v) is 9.51. The summed E-state index contributed by atoms with van der Waals surface area (Å²) >= 11 is 9.97. The van der Waals surface area contributed by atoms with E-state index >= 15 is 0 Å². The van der Waals surface area contributed by atoms with Crippen molar-refractivity contribution in [1.29, 1.82) is 0 Å². The van der Waals surface area contributed by atoms with E-state index in [-0.39, 0.29) is 63.9 Å². The number of nitrogens with zero attached hydrogens (tertiary/aromatic N) is 2. The number of hydrogen-bond donors (Lipinski definition) is 0. The Morgan fingerprint density at radius 3 is 2.15 bits per heavy atom. The Kier molecular flexibility index (Phi) is 13.4. The van der Waals surface area contributed by atoms with Crippen LogP contribution in [0.2, 0.25) is 10.0 Å². The van der Waals surface area contributed by atoms with Gasteiger partial charge in [0.15, 0.2) is 23.9 Å². The molecule has 1 heterocycles. The van der Waals surface area contributed by atoms with Gasteiger partial charge in [-0.25, -0.2) is 9.10 Å². The molecule has 12 nitrogen and oxygen atoms in total. The van der Waals surface area contributed by atoms with Gasteiger partial charge in [-0.05, 0) is 88.1 Å². The molecule has 288 valence electrons. The Hall–Kier alpha value is -3.76. The molecule has 2 aromatic carbocycles. The second kappa shape index (κ2) is 17.6.